The van der Waals surface area contributed by atoms with Crippen LogP contribution >= 0.6 is 23.1 Å². The van der Waals surface area contributed by atoms with Crippen LogP contribution in [-0.2, 0) is 22.6 Å². The third-order valence-electron chi connectivity index (χ3n) is 3.40. The van der Waals surface area contributed by atoms with Gasteiger partial charge in [-0.1, -0.05) is 24.8 Å². The van der Waals surface area contributed by atoms with Crippen molar-refractivity contribution in [1.29, 1.82) is 0 Å². The van der Waals surface area contributed by atoms with Crippen LogP contribution in [0.1, 0.15) is 18.7 Å². The zero-order valence-electron chi connectivity index (χ0n) is 13.8. The Labute approximate surface area is 148 Å². The van der Waals surface area contributed by atoms with Gasteiger partial charge in [-0.25, -0.2) is 4.98 Å². The lowest BCUT2D eigenvalue weighted by molar-refractivity contribution is -0.126. The number of carbonyl (C=O) groups excluding carboxylic acids is 2. The summed E-state index contributed by atoms with van der Waals surface area (Å²) < 4.78 is 1.45. The van der Waals surface area contributed by atoms with Gasteiger partial charge in [-0.05, 0) is 19.4 Å². The molecule has 24 heavy (non-hydrogen) atoms. The van der Waals surface area contributed by atoms with E-state index in [1.807, 2.05) is 13.0 Å². The Morgan fingerprint density at radius 3 is 2.79 bits per heavy atom. The first kappa shape index (κ1) is 18.4. The summed E-state index contributed by atoms with van der Waals surface area (Å²) >= 11 is 2.44. The second-order valence-corrected chi connectivity index (χ2v) is 7.29. The monoisotopic (exact) mass is 365 g/mol. The van der Waals surface area contributed by atoms with Gasteiger partial charge in [0.1, 0.15) is 10.1 Å². The van der Waals surface area contributed by atoms with Crippen molar-refractivity contribution in [3.8, 4) is 0 Å². The Bertz CT molecular complexity index is 854. The van der Waals surface area contributed by atoms with Crippen molar-refractivity contribution in [2.45, 2.75) is 37.2 Å². The number of nitrogens with one attached hydrogen (secondary N) is 1. The predicted octanol–water partition coefficient (Wildman–Crippen LogP) is 2.00. The molecule has 2 rings (SSSR count). The first-order chi connectivity index (χ1) is 11.4. The van der Waals surface area contributed by atoms with Crippen LogP contribution in [0.5, 0.6) is 0 Å². The minimum Gasteiger partial charge on any atom is -0.358 e. The highest BCUT2D eigenvalue weighted by Gasteiger charge is 2.26. The number of thioether (sulfide) groups is 1. The number of rotatable bonds is 7. The molecule has 1 N–H and O–H groups in total. The van der Waals surface area contributed by atoms with Crippen LogP contribution in [-0.4, -0.2) is 33.5 Å². The van der Waals surface area contributed by atoms with Gasteiger partial charge >= 0.3 is 0 Å². The third-order valence-corrected chi connectivity index (χ3v) is 5.88. The standard InChI is InChI=1S/C16H19N3O3S2/c1-5-7-19-15(22)11-8-10(6-2)23-14(11)18-16(19)24-12(9(3)20)13(21)17-4/h5,8,12H,1,6-7H2,2-4H3,(H,17,21)/t12-/m1/s1. The topological polar surface area (TPSA) is 81.1 Å². The molecule has 0 bridgehead atoms. The van der Waals surface area contributed by atoms with Crippen molar-refractivity contribution in [3.05, 3.63) is 34.0 Å². The van der Waals surface area contributed by atoms with E-state index in [0.717, 1.165) is 23.1 Å². The maximum absolute atomic E-state index is 12.7. The zero-order valence-corrected chi connectivity index (χ0v) is 15.4. The molecule has 0 fully saturated rings. The smallest absolute Gasteiger partial charge is 0.263 e. The van der Waals surface area contributed by atoms with Crippen LogP contribution in [0.15, 0.2) is 28.7 Å². The van der Waals surface area contributed by atoms with Gasteiger partial charge in [0.15, 0.2) is 10.9 Å². The van der Waals surface area contributed by atoms with E-state index in [9.17, 15) is 14.4 Å². The molecule has 2 heterocycles. The van der Waals surface area contributed by atoms with E-state index in [2.05, 4.69) is 16.9 Å². The van der Waals surface area contributed by atoms with Crippen LogP contribution in [0.25, 0.3) is 10.2 Å². The predicted molar refractivity (Wildman–Crippen MR) is 97.8 cm³/mol. The molecule has 0 spiro atoms. The average molecular weight is 365 g/mol. The summed E-state index contributed by atoms with van der Waals surface area (Å²) in [5, 5.41) is 2.43. The first-order valence-electron chi connectivity index (χ1n) is 7.45. The van der Waals surface area contributed by atoms with Crippen LogP contribution in [0.4, 0.5) is 0 Å². The lowest BCUT2D eigenvalue weighted by Gasteiger charge is -2.14. The summed E-state index contributed by atoms with van der Waals surface area (Å²) in [6, 6.07) is 1.85. The van der Waals surface area contributed by atoms with Crippen molar-refractivity contribution in [3.63, 3.8) is 0 Å². The summed E-state index contributed by atoms with van der Waals surface area (Å²) in [5.41, 5.74) is -0.183. The number of hydrogen-bond donors (Lipinski definition) is 1. The fourth-order valence-corrected chi connectivity index (χ4v) is 4.20. The van der Waals surface area contributed by atoms with Gasteiger partial charge in [0.2, 0.25) is 5.91 Å². The Balaban J connectivity index is 2.60. The summed E-state index contributed by atoms with van der Waals surface area (Å²) in [6.07, 6.45) is 2.41. The van der Waals surface area contributed by atoms with Gasteiger partial charge in [0.05, 0.1) is 5.39 Å². The second kappa shape index (κ2) is 7.76. The molecule has 0 radical (unpaired) electrons. The van der Waals surface area contributed by atoms with Crippen molar-refractivity contribution in [1.82, 2.24) is 14.9 Å². The van der Waals surface area contributed by atoms with Crippen molar-refractivity contribution < 1.29 is 9.59 Å². The third kappa shape index (κ3) is 3.59. The van der Waals surface area contributed by atoms with E-state index in [1.54, 1.807) is 6.08 Å². The molecular weight excluding hydrogens is 346 g/mol. The number of hydrogen-bond acceptors (Lipinski definition) is 6. The highest BCUT2D eigenvalue weighted by molar-refractivity contribution is 8.01. The van der Waals surface area contributed by atoms with Crippen molar-refractivity contribution in [2.24, 2.45) is 0 Å². The number of ketones is 1. The summed E-state index contributed by atoms with van der Waals surface area (Å²) in [5.74, 6) is -0.702. The normalized spacial score (nSPS) is 12.1. The number of carbonyl (C=O) groups is 2. The van der Waals surface area contributed by atoms with Crippen LogP contribution in [0, 0.1) is 0 Å². The van der Waals surface area contributed by atoms with E-state index in [4.69, 9.17) is 0 Å². The molecule has 6 nitrogen and oxygen atoms in total. The van der Waals surface area contributed by atoms with Gasteiger partial charge in [-0.2, -0.15) is 0 Å². The van der Waals surface area contributed by atoms with Crippen molar-refractivity contribution in [2.75, 3.05) is 7.05 Å². The highest BCUT2D eigenvalue weighted by atomic mass is 32.2. The minimum absolute atomic E-state index is 0.183. The summed E-state index contributed by atoms with van der Waals surface area (Å²) in [4.78, 5) is 42.7. The molecule has 0 aliphatic rings. The number of fused-ring (bicyclic) bond motifs is 1. The fraction of sp³-hybridized carbons (Fsp3) is 0.375. The Kier molecular flexibility index (Phi) is 5.95. The lowest BCUT2D eigenvalue weighted by Crippen LogP contribution is -2.35. The van der Waals surface area contributed by atoms with Crippen LogP contribution in [0.2, 0.25) is 0 Å². The zero-order chi connectivity index (χ0) is 17.9. The lowest BCUT2D eigenvalue weighted by atomic mass is 10.3. The largest absolute Gasteiger partial charge is 0.358 e. The first-order valence-corrected chi connectivity index (χ1v) is 9.15. The van der Waals surface area contributed by atoms with E-state index in [-0.39, 0.29) is 17.9 Å². The quantitative estimate of drug-likeness (QED) is 0.351. The van der Waals surface area contributed by atoms with E-state index in [1.165, 1.54) is 29.9 Å². The van der Waals surface area contributed by atoms with E-state index in [0.29, 0.717) is 15.4 Å². The summed E-state index contributed by atoms with van der Waals surface area (Å²) in [7, 11) is 1.47. The molecule has 0 aliphatic heterocycles. The molecule has 0 aliphatic carbocycles. The van der Waals surface area contributed by atoms with Gasteiger partial charge in [-0.15, -0.1) is 17.9 Å². The molecule has 2 aromatic rings. The van der Waals surface area contributed by atoms with Gasteiger partial charge in [0, 0.05) is 18.5 Å². The van der Waals surface area contributed by atoms with E-state index < -0.39 is 11.2 Å². The van der Waals surface area contributed by atoms with Crippen LogP contribution in [0.3, 0.4) is 0 Å². The number of amides is 1. The molecule has 0 aromatic carbocycles. The highest BCUT2D eigenvalue weighted by Crippen LogP contribution is 2.27. The number of Topliss-reactive ketones (excluding diaryl/α,β-unsaturated/α-hetero) is 1. The molecule has 8 heteroatoms. The number of allylic oxidation sites excluding steroid dienone is 1. The number of thiophene rings is 1. The molecule has 2 aromatic heterocycles. The molecule has 0 saturated carbocycles. The maximum Gasteiger partial charge on any atom is 0.263 e. The Morgan fingerprint density at radius 2 is 2.25 bits per heavy atom. The Morgan fingerprint density at radius 1 is 1.54 bits per heavy atom. The molecule has 0 unspecified atom stereocenters. The number of aromatic nitrogens is 2. The van der Waals surface area contributed by atoms with Crippen LogP contribution < -0.4 is 10.9 Å². The van der Waals surface area contributed by atoms with E-state index >= 15 is 0 Å². The van der Waals surface area contributed by atoms with Gasteiger partial charge in [0.25, 0.3) is 5.56 Å². The molecule has 0 saturated heterocycles. The van der Waals surface area contributed by atoms with Gasteiger partial charge in [-0.3, -0.25) is 19.0 Å². The average Bonchev–Trinajstić information content (AvgIpc) is 2.98. The second-order valence-electron chi connectivity index (χ2n) is 5.11. The number of nitrogens with zero attached hydrogens (tertiary/aromatic N) is 2. The van der Waals surface area contributed by atoms with Gasteiger partial charge < -0.3 is 5.32 Å². The maximum atomic E-state index is 12.7. The fourth-order valence-electron chi connectivity index (χ4n) is 2.16. The molecular formula is C16H19N3O3S2. The Hall–Kier alpha value is -1.93. The molecule has 128 valence electrons. The van der Waals surface area contributed by atoms with Crippen molar-refractivity contribution >= 4 is 45.0 Å². The molecule has 1 atom stereocenters. The SMILES string of the molecule is C=CCn1c(S[C@H](C(C)=O)C(=O)NC)nc2sc(CC)cc2c1=O. The summed E-state index contributed by atoms with van der Waals surface area (Å²) in [6.45, 7) is 7.29. The number of aryl methyl sites for hydroxylation is 1. The minimum atomic E-state index is -0.943. The molecule has 1 amide bonds.